The summed E-state index contributed by atoms with van der Waals surface area (Å²) in [7, 11) is 3.35. The lowest BCUT2D eigenvalue weighted by Crippen LogP contribution is -2.51. The SMILES string of the molecule is Cc1nc(N2CCC3(CCC[C@H]3N)CC2)n2ccnc2c1-c1cccc(Cl)c1Cl.Cc1nc(N2CCC3(CCC[C@H]3N[S@](=O)C(C)(C)C)CC2)n2ccnc2c1-c1cccc(Cl)c1Cl.Cc1nc(N2CCC3(CCC[C@H]3N[S@](=O)C(C)(C)C)CC2)n2ccnc2c1C.O.O.[B]c1cccc(Cl)c1Cl. The van der Waals surface area contributed by atoms with E-state index >= 15 is 0 Å². The number of piperidine rings is 3. The topological polar surface area (TPSA) is 248 Å². The van der Waals surface area contributed by atoms with Gasteiger partial charge in [-0.2, -0.15) is 0 Å². The molecule has 6 fully saturated rings. The third kappa shape index (κ3) is 16.5. The summed E-state index contributed by atoms with van der Waals surface area (Å²) in [5.74, 6) is 2.86. The van der Waals surface area contributed by atoms with E-state index in [0.717, 1.165) is 177 Å². The predicted molar refractivity (Wildman–Crippen MR) is 429 cm³/mol. The Hall–Kier alpha value is -5.18. The summed E-state index contributed by atoms with van der Waals surface area (Å²) in [5.41, 5.74) is 18.0. The van der Waals surface area contributed by atoms with Crippen molar-refractivity contribution in [3.63, 3.8) is 0 Å². The van der Waals surface area contributed by atoms with Crippen molar-refractivity contribution in [3.05, 3.63) is 145 Å². The van der Waals surface area contributed by atoms with E-state index in [1.54, 1.807) is 30.3 Å². The summed E-state index contributed by atoms with van der Waals surface area (Å²) in [5, 5.41) is 3.03. The second kappa shape index (κ2) is 32.7. The molecule has 3 saturated heterocycles. The van der Waals surface area contributed by atoms with Crippen molar-refractivity contribution < 1.29 is 19.4 Å². The molecule has 0 bridgehead atoms. The van der Waals surface area contributed by atoms with Gasteiger partial charge >= 0.3 is 0 Å². The third-order valence-electron chi connectivity index (χ3n) is 22.4. The second-order valence-corrected chi connectivity index (χ2v) is 36.9. The fourth-order valence-corrected chi connectivity index (χ4v) is 19.3. The molecule has 6 aromatic heterocycles. The standard InChI is InChI=1S/C26H33Cl2N5OS.C22H25Cl2N5.C21H33N5OS.C6H3BCl2.2H2O/c1-17-21(18-7-5-8-19(27)22(18)28)23-29-13-16-33(23)24(30-17)32-14-11-26(12-15-32)10-6-9-20(26)31-35(34)25(2,3)4;1-14-18(15-4-2-5-16(23)19(15)24)20-26-10-13-29(20)21(27-14)28-11-8-22(9-12-28)7-3-6-17(22)25;1-15-16(2)23-19(26-14-11-22-18(15)26)25-12-9-21(10-13-25)8-6-7-17(21)24-28(27)20(3,4)5;7-4-2-1-3-5(8)6(4)9;;/h5,7-8,13,16,20,31H,6,9-12,14-15H2,1-4H3;2,4-5,10,13,17H,3,6-9,11-12,25H2,1H3;11,14,17,24H,6-10,12-13H2,1-5H3;1-3H;2*1H2/t20-,35-;17-;17-,28-;;;/m111.../s1. The first-order valence-electron chi connectivity index (χ1n) is 35.5. The molecule has 2 radical (unpaired) electrons. The van der Waals surface area contributed by atoms with Crippen molar-refractivity contribution in [2.24, 2.45) is 22.0 Å². The van der Waals surface area contributed by atoms with Crippen LogP contribution < -0.4 is 35.3 Å². The Balaban J connectivity index is 0.000000156. The number of nitrogens with two attached hydrogens (primary N) is 1. The number of rotatable bonds is 9. The highest BCUT2D eigenvalue weighted by atomic mass is 35.5. The molecule has 3 aliphatic carbocycles. The van der Waals surface area contributed by atoms with E-state index in [1.165, 1.54) is 38.5 Å². The van der Waals surface area contributed by atoms with Crippen molar-refractivity contribution in [1.29, 1.82) is 0 Å². The first-order valence-corrected chi connectivity index (χ1v) is 40.0. The van der Waals surface area contributed by atoms with Crippen LogP contribution in [0.4, 0.5) is 17.8 Å². The molecular weight excluding hydrogens is 1460 g/mol. The van der Waals surface area contributed by atoms with E-state index < -0.39 is 22.0 Å². The van der Waals surface area contributed by atoms with Gasteiger partial charge in [-0.3, -0.25) is 13.2 Å². The molecule has 554 valence electrons. The number of hydrogen-bond acceptors (Lipinski definition) is 12. The number of anilines is 3. The zero-order valence-electron chi connectivity index (χ0n) is 60.7. The van der Waals surface area contributed by atoms with Crippen LogP contribution in [0.5, 0.6) is 0 Å². The first-order chi connectivity index (χ1) is 48.0. The highest BCUT2D eigenvalue weighted by molar-refractivity contribution is 7.84. The number of nitrogens with one attached hydrogen (secondary N) is 2. The molecule has 15 rings (SSSR count). The molecule has 0 amide bonds. The minimum atomic E-state index is -1.05. The van der Waals surface area contributed by atoms with Crippen LogP contribution in [0, 0.1) is 43.9 Å². The quantitative estimate of drug-likeness (QED) is 0.114. The number of fused-ring (bicyclic) bond motifs is 3. The Labute approximate surface area is 642 Å². The number of aryl methyl sites for hydroxylation is 4. The molecule has 3 saturated carbocycles. The average molecular weight is 1560 g/mol. The number of nitrogens with zero attached hydrogens (tertiary/aromatic N) is 12. The summed E-state index contributed by atoms with van der Waals surface area (Å²) in [6, 6.07) is 17.5. The zero-order chi connectivity index (χ0) is 72.1. The van der Waals surface area contributed by atoms with Crippen LogP contribution in [0.1, 0.15) is 160 Å². The van der Waals surface area contributed by atoms with Gasteiger partial charge in [-0.15, -0.1) is 0 Å². The van der Waals surface area contributed by atoms with Gasteiger partial charge in [0, 0.05) is 128 Å². The fourth-order valence-electron chi connectivity index (χ4n) is 16.2. The van der Waals surface area contributed by atoms with Gasteiger partial charge in [0.1, 0.15) is 24.8 Å². The molecule has 0 unspecified atom stereocenters. The maximum atomic E-state index is 12.8. The van der Waals surface area contributed by atoms with Gasteiger partial charge < -0.3 is 31.4 Å². The van der Waals surface area contributed by atoms with E-state index in [9.17, 15) is 8.42 Å². The molecule has 8 N–H and O–H groups in total. The van der Waals surface area contributed by atoms with Crippen LogP contribution in [-0.4, -0.2) is 137 Å². The van der Waals surface area contributed by atoms with Gasteiger partial charge in [0.25, 0.3) is 0 Å². The van der Waals surface area contributed by atoms with Crippen molar-refractivity contribution >= 4 is 140 Å². The van der Waals surface area contributed by atoms with Gasteiger partial charge in [0.05, 0.1) is 73.0 Å². The molecular formula is C75H98BCl6N15O4S2. The van der Waals surface area contributed by atoms with E-state index in [1.807, 2.05) is 117 Å². The number of imidazole rings is 3. The minimum Gasteiger partial charge on any atom is -0.412 e. The smallest absolute Gasteiger partial charge is 0.211 e. The number of halogens is 6. The first kappa shape index (κ1) is 80.4. The summed E-state index contributed by atoms with van der Waals surface area (Å²) < 4.78 is 38.3. The van der Waals surface area contributed by atoms with Crippen molar-refractivity contribution in [2.75, 3.05) is 54.0 Å². The predicted octanol–water partition coefficient (Wildman–Crippen LogP) is 15.0. The van der Waals surface area contributed by atoms with Gasteiger partial charge in [0.15, 0.2) is 0 Å². The second-order valence-electron chi connectivity index (χ2n) is 30.5. The number of aromatic nitrogens is 9. The van der Waals surface area contributed by atoms with Gasteiger partial charge in [-0.25, -0.2) is 47.8 Å². The van der Waals surface area contributed by atoms with E-state index in [-0.39, 0.29) is 31.3 Å². The summed E-state index contributed by atoms with van der Waals surface area (Å²) in [6.07, 6.45) is 28.9. The number of benzene rings is 3. The normalized spacial score (nSPS) is 20.5. The van der Waals surface area contributed by atoms with Crippen LogP contribution in [0.3, 0.4) is 0 Å². The molecule has 9 heterocycles. The molecule has 3 aromatic carbocycles. The van der Waals surface area contributed by atoms with E-state index in [0.29, 0.717) is 59.1 Å². The lowest BCUT2D eigenvalue weighted by atomic mass is 9.74. The molecule has 28 heteroatoms. The van der Waals surface area contributed by atoms with Gasteiger partial charge in [-0.05, 0) is 181 Å². The Morgan fingerprint density at radius 1 is 0.476 bits per heavy atom. The van der Waals surface area contributed by atoms with Crippen LogP contribution in [0.25, 0.3) is 39.2 Å². The van der Waals surface area contributed by atoms with Gasteiger partial charge in [0.2, 0.25) is 17.8 Å². The Bertz CT molecular complexity index is 4520. The number of hydrogen-bond donors (Lipinski definition) is 3. The fraction of sp³-hybridized carbons (Fsp3) is 0.520. The van der Waals surface area contributed by atoms with Crippen molar-refractivity contribution in [2.45, 2.75) is 193 Å². The lowest BCUT2D eigenvalue weighted by molar-refractivity contribution is 0.187. The molecule has 103 heavy (non-hydrogen) atoms. The van der Waals surface area contributed by atoms with Crippen LogP contribution >= 0.6 is 69.6 Å². The van der Waals surface area contributed by atoms with E-state index in [2.05, 4.69) is 66.1 Å². The maximum absolute atomic E-state index is 12.8. The van der Waals surface area contributed by atoms with Crippen molar-refractivity contribution in [3.8, 4) is 22.3 Å². The molecule has 19 nitrogen and oxygen atoms in total. The highest BCUT2D eigenvalue weighted by Gasteiger charge is 2.49. The average Bonchev–Trinajstić information content (AvgIpc) is 1.72. The van der Waals surface area contributed by atoms with Crippen LogP contribution in [0.15, 0.2) is 91.8 Å². The third-order valence-corrected chi connectivity index (χ3v) is 28.1. The van der Waals surface area contributed by atoms with Crippen LogP contribution in [0.2, 0.25) is 30.1 Å². The summed E-state index contributed by atoms with van der Waals surface area (Å²) in [4.78, 5) is 35.9. The highest BCUT2D eigenvalue weighted by Crippen LogP contribution is 2.51. The van der Waals surface area contributed by atoms with Crippen molar-refractivity contribution in [1.82, 2.24) is 52.6 Å². The Morgan fingerprint density at radius 3 is 1.18 bits per heavy atom. The zero-order valence-corrected chi connectivity index (χ0v) is 66.8. The molecule has 9 aromatic rings. The monoisotopic (exact) mass is 1560 g/mol. The molecule has 3 spiro atoms. The summed E-state index contributed by atoms with van der Waals surface area (Å²) >= 11 is 36.9. The lowest BCUT2D eigenvalue weighted by Gasteiger charge is -2.44. The minimum absolute atomic E-state index is 0. The maximum Gasteiger partial charge on any atom is 0.211 e. The van der Waals surface area contributed by atoms with Crippen LogP contribution in [-0.2, 0) is 22.0 Å². The molecule has 5 atom stereocenters. The molecule has 6 aliphatic rings. The van der Waals surface area contributed by atoms with Gasteiger partial charge in [-0.1, -0.05) is 131 Å². The Kier molecular flexibility index (Phi) is 25.5. The largest absolute Gasteiger partial charge is 0.412 e. The Morgan fingerprint density at radius 2 is 0.816 bits per heavy atom. The molecule has 3 aliphatic heterocycles. The van der Waals surface area contributed by atoms with E-state index in [4.69, 9.17) is 98.1 Å². The summed E-state index contributed by atoms with van der Waals surface area (Å²) in [6.45, 7) is 26.2.